The van der Waals surface area contributed by atoms with Crippen molar-refractivity contribution in [2.24, 2.45) is 0 Å². The number of nitrogens with one attached hydrogen (secondary N) is 1. The highest BCUT2D eigenvalue weighted by Gasteiger charge is 2.26. The van der Waals surface area contributed by atoms with E-state index in [0.717, 1.165) is 34.0 Å². The molecule has 1 amide bonds. The zero-order valence-electron chi connectivity index (χ0n) is 17.3. The molecule has 0 saturated carbocycles. The number of thiazole rings is 1. The Morgan fingerprint density at radius 3 is 3.10 bits per heavy atom. The summed E-state index contributed by atoms with van der Waals surface area (Å²) in [5.41, 5.74) is 4.48. The molecule has 4 aromatic rings. The largest absolute Gasteiger partial charge is 0.484 e. The molecule has 0 bridgehead atoms. The van der Waals surface area contributed by atoms with Gasteiger partial charge in [-0.1, -0.05) is 17.7 Å². The van der Waals surface area contributed by atoms with Crippen molar-refractivity contribution in [2.45, 2.75) is 26.0 Å². The quantitative estimate of drug-likeness (QED) is 0.479. The number of ether oxygens (including phenoxy) is 1. The number of carbonyl (C=O) groups is 1. The van der Waals surface area contributed by atoms with Crippen LogP contribution in [-0.2, 0) is 17.8 Å². The zero-order valence-corrected chi connectivity index (χ0v) is 18.9. The van der Waals surface area contributed by atoms with Gasteiger partial charge in [0, 0.05) is 55.0 Å². The number of aromatic nitrogens is 2. The molecule has 3 aromatic heterocycles. The smallest absolute Gasteiger partial charge is 0.234 e. The van der Waals surface area contributed by atoms with Gasteiger partial charge in [0.1, 0.15) is 11.9 Å². The Bertz CT molecular complexity index is 1150. The van der Waals surface area contributed by atoms with Crippen molar-refractivity contribution in [3.63, 3.8) is 0 Å². The minimum atomic E-state index is -0.0820. The molecule has 0 fully saturated rings. The van der Waals surface area contributed by atoms with E-state index in [0.29, 0.717) is 26.2 Å². The fourth-order valence-corrected chi connectivity index (χ4v) is 5.34. The van der Waals surface area contributed by atoms with E-state index in [1.165, 1.54) is 5.56 Å². The monoisotopic (exact) mass is 452 g/mol. The molecule has 1 N–H and O–H groups in total. The summed E-state index contributed by atoms with van der Waals surface area (Å²) in [5.74, 6) is 0.936. The average molecular weight is 453 g/mol. The van der Waals surface area contributed by atoms with Crippen LogP contribution in [0.4, 0.5) is 0 Å². The maximum Gasteiger partial charge on any atom is 0.234 e. The third-order valence-electron chi connectivity index (χ3n) is 5.43. The summed E-state index contributed by atoms with van der Waals surface area (Å²) in [6.07, 6.45) is 4.67. The van der Waals surface area contributed by atoms with Crippen LogP contribution in [0.1, 0.15) is 28.5 Å². The molecule has 6 nitrogen and oxygen atoms in total. The van der Waals surface area contributed by atoms with Crippen molar-refractivity contribution in [1.82, 2.24) is 19.6 Å². The van der Waals surface area contributed by atoms with Gasteiger partial charge in [-0.2, -0.15) is 11.3 Å². The number of benzene rings is 1. The lowest BCUT2D eigenvalue weighted by Gasteiger charge is -2.23. The first-order valence-electron chi connectivity index (χ1n) is 10.3. The molecule has 1 atom stereocenters. The Balaban J connectivity index is 1.23. The molecule has 1 aliphatic heterocycles. The normalized spacial score (nSPS) is 16.6. The maximum absolute atomic E-state index is 12.7. The van der Waals surface area contributed by atoms with E-state index >= 15 is 0 Å². The number of thiophene rings is 1. The second kappa shape index (κ2) is 8.82. The van der Waals surface area contributed by atoms with Gasteiger partial charge in [-0.3, -0.25) is 14.1 Å². The number of nitrogens with zero attached hydrogens (tertiary/aromatic N) is 3. The lowest BCUT2D eigenvalue weighted by Crippen LogP contribution is -2.39. The van der Waals surface area contributed by atoms with Crippen LogP contribution in [0, 0.1) is 6.92 Å². The van der Waals surface area contributed by atoms with Crippen LogP contribution < -0.4 is 10.1 Å². The van der Waals surface area contributed by atoms with Gasteiger partial charge in [-0.05, 0) is 29.8 Å². The highest BCUT2D eigenvalue weighted by Crippen LogP contribution is 2.32. The van der Waals surface area contributed by atoms with Gasteiger partial charge in [0.25, 0.3) is 0 Å². The van der Waals surface area contributed by atoms with Crippen LogP contribution in [0.2, 0.25) is 0 Å². The van der Waals surface area contributed by atoms with Gasteiger partial charge in [-0.25, -0.2) is 4.98 Å². The molecule has 0 aliphatic carbocycles. The first-order valence-corrected chi connectivity index (χ1v) is 12.1. The Labute approximate surface area is 189 Å². The zero-order chi connectivity index (χ0) is 21.2. The van der Waals surface area contributed by atoms with E-state index < -0.39 is 0 Å². The molecule has 1 aromatic carbocycles. The Kier molecular flexibility index (Phi) is 5.76. The van der Waals surface area contributed by atoms with Crippen LogP contribution in [-0.4, -0.2) is 39.8 Å². The molecular weight excluding hydrogens is 428 g/mol. The molecule has 0 saturated heterocycles. The summed E-state index contributed by atoms with van der Waals surface area (Å²) in [6, 6.07) is 8.37. The summed E-state index contributed by atoms with van der Waals surface area (Å²) in [7, 11) is 0. The number of amides is 1. The van der Waals surface area contributed by atoms with Gasteiger partial charge < -0.3 is 10.1 Å². The van der Waals surface area contributed by atoms with Crippen molar-refractivity contribution in [3.8, 4) is 5.75 Å². The topological polar surface area (TPSA) is 58.9 Å². The summed E-state index contributed by atoms with van der Waals surface area (Å²) >= 11 is 3.28. The molecule has 31 heavy (non-hydrogen) atoms. The highest BCUT2D eigenvalue weighted by atomic mass is 32.1. The van der Waals surface area contributed by atoms with Crippen LogP contribution >= 0.6 is 22.7 Å². The first-order chi connectivity index (χ1) is 15.1. The number of carbonyl (C=O) groups excluding carboxylic acids is 1. The van der Waals surface area contributed by atoms with Crippen LogP contribution in [0.5, 0.6) is 5.75 Å². The average Bonchev–Trinajstić information content (AvgIpc) is 3.45. The van der Waals surface area contributed by atoms with Crippen molar-refractivity contribution in [3.05, 3.63) is 75.2 Å². The molecule has 160 valence electrons. The van der Waals surface area contributed by atoms with Crippen molar-refractivity contribution in [1.29, 1.82) is 0 Å². The lowest BCUT2D eigenvalue weighted by atomic mass is 10.1. The standard InChI is InChI=1S/C23H24N4O2S2/c1-16-2-3-20-18(10-16)11-26(13-21(29-20)17-5-8-30-15-17)14-22(28)24-6-4-19-12-27-7-9-31-23(27)25-19/h2-3,5,7-10,12,15,21H,4,6,11,13-14H2,1H3,(H,24,28). The maximum atomic E-state index is 12.7. The van der Waals surface area contributed by atoms with Crippen molar-refractivity contribution in [2.75, 3.05) is 19.6 Å². The molecule has 8 heteroatoms. The van der Waals surface area contributed by atoms with Gasteiger partial charge in [0.15, 0.2) is 4.96 Å². The number of imidazole rings is 1. The van der Waals surface area contributed by atoms with E-state index in [4.69, 9.17) is 4.74 Å². The number of aryl methyl sites for hydroxylation is 1. The highest BCUT2D eigenvalue weighted by molar-refractivity contribution is 7.15. The van der Waals surface area contributed by atoms with Gasteiger partial charge in [0.05, 0.1) is 12.2 Å². The van der Waals surface area contributed by atoms with Gasteiger partial charge >= 0.3 is 0 Å². The van der Waals surface area contributed by atoms with Crippen LogP contribution in [0.15, 0.2) is 52.8 Å². The van der Waals surface area contributed by atoms with Gasteiger partial charge in [-0.15, -0.1) is 11.3 Å². The first kappa shape index (κ1) is 20.2. The summed E-state index contributed by atoms with van der Waals surface area (Å²) in [5, 5.41) is 9.26. The van der Waals surface area contributed by atoms with E-state index in [1.807, 2.05) is 28.2 Å². The third-order valence-corrected chi connectivity index (χ3v) is 6.90. The SMILES string of the molecule is Cc1ccc2c(c1)CN(CC(=O)NCCc1cn3ccsc3n1)CC(c1ccsc1)O2. The van der Waals surface area contributed by atoms with E-state index in [2.05, 4.69) is 51.1 Å². The van der Waals surface area contributed by atoms with Crippen LogP contribution in [0.25, 0.3) is 4.96 Å². The van der Waals surface area contributed by atoms with E-state index in [-0.39, 0.29) is 12.0 Å². The number of hydrogen-bond donors (Lipinski definition) is 1. The fourth-order valence-electron chi connectivity index (χ4n) is 3.91. The second-order valence-electron chi connectivity index (χ2n) is 7.87. The second-order valence-corrected chi connectivity index (χ2v) is 9.52. The molecule has 1 aliphatic rings. The number of hydrogen-bond acceptors (Lipinski definition) is 6. The van der Waals surface area contributed by atoms with Crippen molar-refractivity contribution < 1.29 is 9.53 Å². The molecule has 1 unspecified atom stereocenters. The Hall–Kier alpha value is -2.68. The Morgan fingerprint density at radius 2 is 2.26 bits per heavy atom. The summed E-state index contributed by atoms with van der Waals surface area (Å²) < 4.78 is 8.37. The van der Waals surface area contributed by atoms with E-state index in [1.54, 1.807) is 22.7 Å². The molecular formula is C23H24N4O2S2. The summed E-state index contributed by atoms with van der Waals surface area (Å²) in [4.78, 5) is 20.4. The summed E-state index contributed by atoms with van der Waals surface area (Å²) in [6.45, 7) is 4.38. The van der Waals surface area contributed by atoms with Gasteiger partial charge in [0.2, 0.25) is 5.91 Å². The van der Waals surface area contributed by atoms with E-state index in [9.17, 15) is 4.79 Å². The minimum Gasteiger partial charge on any atom is -0.484 e. The number of fused-ring (bicyclic) bond motifs is 2. The third kappa shape index (κ3) is 4.66. The molecule has 5 rings (SSSR count). The van der Waals surface area contributed by atoms with Crippen LogP contribution in [0.3, 0.4) is 0 Å². The molecule has 0 spiro atoms. The predicted molar refractivity (Wildman–Crippen MR) is 124 cm³/mol. The predicted octanol–water partition coefficient (Wildman–Crippen LogP) is 4.06. The molecule has 0 radical (unpaired) electrons. The number of rotatable bonds is 6. The fraction of sp³-hybridized carbons (Fsp3) is 0.304. The van der Waals surface area contributed by atoms with Crippen molar-refractivity contribution >= 4 is 33.5 Å². The Morgan fingerprint density at radius 1 is 1.32 bits per heavy atom. The molecule has 4 heterocycles. The lowest BCUT2D eigenvalue weighted by molar-refractivity contribution is -0.122. The minimum absolute atomic E-state index is 0.0289.